The Hall–Kier alpha value is -1.39. The highest BCUT2D eigenvalue weighted by Gasteiger charge is 2.19. The topological polar surface area (TPSA) is 29.9 Å². The van der Waals surface area contributed by atoms with Gasteiger partial charge in [0.2, 0.25) is 0 Å². The summed E-state index contributed by atoms with van der Waals surface area (Å²) in [5.74, 6) is -0.311. The van der Waals surface area contributed by atoms with E-state index in [0.717, 1.165) is 12.2 Å². The molecule has 1 unspecified atom stereocenters. The molecule has 0 aliphatic carbocycles. The molecule has 96 valence electrons. The van der Waals surface area contributed by atoms with Crippen LogP contribution in [-0.4, -0.2) is 16.3 Å². The monoisotopic (exact) mass is 267 g/mol. The van der Waals surface area contributed by atoms with Gasteiger partial charge in [-0.1, -0.05) is 24.6 Å². The third kappa shape index (κ3) is 2.54. The molecule has 0 amide bonds. The Morgan fingerprint density at radius 1 is 1.44 bits per heavy atom. The lowest BCUT2D eigenvalue weighted by atomic mass is 10.0. The van der Waals surface area contributed by atoms with Crippen LogP contribution in [0.25, 0.3) is 0 Å². The molecule has 2 rings (SSSR count). The first kappa shape index (κ1) is 13.1. The van der Waals surface area contributed by atoms with Gasteiger partial charge in [0.15, 0.2) is 0 Å². The van der Waals surface area contributed by atoms with Gasteiger partial charge in [0.25, 0.3) is 0 Å². The van der Waals surface area contributed by atoms with Crippen LogP contribution < -0.4 is 5.32 Å². The lowest BCUT2D eigenvalue weighted by Crippen LogP contribution is -2.25. The van der Waals surface area contributed by atoms with Gasteiger partial charge in [-0.2, -0.15) is 5.10 Å². The zero-order valence-corrected chi connectivity index (χ0v) is 11.1. The summed E-state index contributed by atoms with van der Waals surface area (Å²) in [6.07, 6.45) is 1.70. The van der Waals surface area contributed by atoms with Crippen molar-refractivity contribution in [1.29, 1.82) is 0 Å². The average Bonchev–Trinajstić information content (AvgIpc) is 2.73. The molecule has 0 saturated carbocycles. The predicted octanol–water partition coefficient (Wildman–Crippen LogP) is 2.91. The molecule has 0 bridgehead atoms. The molecule has 1 aromatic heterocycles. The van der Waals surface area contributed by atoms with Crippen LogP contribution in [-0.2, 0) is 7.05 Å². The van der Waals surface area contributed by atoms with Gasteiger partial charge < -0.3 is 5.32 Å². The van der Waals surface area contributed by atoms with E-state index in [2.05, 4.69) is 10.4 Å². The molecule has 0 saturated heterocycles. The molecule has 1 atom stereocenters. The minimum atomic E-state index is -0.311. The van der Waals surface area contributed by atoms with Crippen LogP contribution in [0.2, 0.25) is 5.02 Å². The third-order valence-corrected chi connectivity index (χ3v) is 3.07. The second-order valence-electron chi connectivity index (χ2n) is 4.04. The number of aryl methyl sites for hydroxylation is 1. The molecular weight excluding hydrogens is 253 g/mol. The number of rotatable bonds is 4. The third-order valence-electron chi connectivity index (χ3n) is 2.84. The zero-order valence-electron chi connectivity index (χ0n) is 10.3. The fourth-order valence-electron chi connectivity index (χ4n) is 1.98. The largest absolute Gasteiger partial charge is 0.305 e. The fraction of sp³-hybridized carbons (Fsp3) is 0.308. The van der Waals surface area contributed by atoms with Crippen LogP contribution in [0.3, 0.4) is 0 Å². The van der Waals surface area contributed by atoms with E-state index in [0.29, 0.717) is 10.6 Å². The van der Waals surface area contributed by atoms with Gasteiger partial charge in [-0.15, -0.1) is 0 Å². The summed E-state index contributed by atoms with van der Waals surface area (Å²) < 4.78 is 15.7. The van der Waals surface area contributed by atoms with Crippen molar-refractivity contribution in [2.75, 3.05) is 6.54 Å². The highest BCUT2D eigenvalue weighted by Crippen LogP contribution is 2.25. The van der Waals surface area contributed by atoms with Gasteiger partial charge in [0, 0.05) is 23.8 Å². The Kier molecular flexibility index (Phi) is 3.99. The van der Waals surface area contributed by atoms with Crippen LogP contribution in [0.5, 0.6) is 0 Å². The number of hydrogen-bond acceptors (Lipinski definition) is 2. The van der Waals surface area contributed by atoms with Gasteiger partial charge in [0.1, 0.15) is 5.82 Å². The summed E-state index contributed by atoms with van der Waals surface area (Å²) in [5.41, 5.74) is 1.49. The molecule has 5 heteroatoms. The van der Waals surface area contributed by atoms with Crippen molar-refractivity contribution in [3.63, 3.8) is 0 Å². The van der Waals surface area contributed by atoms with E-state index < -0.39 is 0 Å². The molecule has 1 heterocycles. The maximum absolute atomic E-state index is 14.0. The average molecular weight is 268 g/mol. The lowest BCUT2D eigenvalue weighted by Gasteiger charge is -2.19. The summed E-state index contributed by atoms with van der Waals surface area (Å²) in [6, 6.07) is 6.39. The number of nitrogens with zero attached hydrogens (tertiary/aromatic N) is 2. The normalized spacial score (nSPS) is 12.7. The quantitative estimate of drug-likeness (QED) is 0.923. The van der Waals surface area contributed by atoms with E-state index in [1.54, 1.807) is 23.0 Å². The van der Waals surface area contributed by atoms with E-state index >= 15 is 0 Å². The Morgan fingerprint density at radius 2 is 2.22 bits per heavy atom. The molecule has 1 N–H and O–H groups in total. The Morgan fingerprint density at radius 3 is 2.78 bits per heavy atom. The van der Waals surface area contributed by atoms with Crippen LogP contribution in [0, 0.1) is 5.82 Å². The van der Waals surface area contributed by atoms with Gasteiger partial charge in [-0.05, 0) is 24.7 Å². The summed E-state index contributed by atoms with van der Waals surface area (Å²) >= 11 is 5.78. The molecule has 0 aliphatic rings. The second-order valence-corrected chi connectivity index (χ2v) is 4.47. The molecule has 2 aromatic rings. The predicted molar refractivity (Wildman–Crippen MR) is 70.1 cm³/mol. The highest BCUT2D eigenvalue weighted by molar-refractivity contribution is 6.30. The molecule has 0 aliphatic heterocycles. The van der Waals surface area contributed by atoms with Crippen LogP contribution in [0.15, 0.2) is 30.5 Å². The zero-order chi connectivity index (χ0) is 13.1. The molecule has 1 aromatic carbocycles. The van der Waals surface area contributed by atoms with Crippen molar-refractivity contribution in [3.05, 3.63) is 52.6 Å². The molecule has 0 radical (unpaired) electrons. The number of hydrogen-bond donors (Lipinski definition) is 1. The van der Waals surface area contributed by atoms with Gasteiger partial charge in [-0.3, -0.25) is 4.68 Å². The lowest BCUT2D eigenvalue weighted by molar-refractivity contribution is 0.532. The number of nitrogens with one attached hydrogen (secondary N) is 1. The Balaban J connectivity index is 2.45. The first-order valence-corrected chi connectivity index (χ1v) is 6.17. The van der Waals surface area contributed by atoms with Crippen molar-refractivity contribution < 1.29 is 4.39 Å². The van der Waals surface area contributed by atoms with Crippen LogP contribution in [0.1, 0.15) is 24.2 Å². The number of aromatic nitrogens is 2. The van der Waals surface area contributed by atoms with Gasteiger partial charge in [-0.25, -0.2) is 4.39 Å². The molecule has 0 spiro atoms. The van der Waals surface area contributed by atoms with Gasteiger partial charge in [0.05, 0.1) is 11.7 Å². The SMILES string of the molecule is CCNC(c1ccc(Cl)cc1F)c1ccnn1C. The van der Waals surface area contributed by atoms with E-state index in [1.165, 1.54) is 6.07 Å². The molecule has 3 nitrogen and oxygen atoms in total. The van der Waals surface area contributed by atoms with Crippen molar-refractivity contribution in [2.24, 2.45) is 7.05 Å². The first-order chi connectivity index (χ1) is 8.63. The Labute approximate surface area is 111 Å². The van der Waals surface area contributed by atoms with Gasteiger partial charge >= 0.3 is 0 Å². The minimum absolute atomic E-state index is 0.222. The van der Waals surface area contributed by atoms with Crippen molar-refractivity contribution in [3.8, 4) is 0 Å². The smallest absolute Gasteiger partial charge is 0.129 e. The summed E-state index contributed by atoms with van der Waals surface area (Å²) in [5, 5.41) is 7.78. The molecule has 0 fully saturated rings. The Bertz CT molecular complexity index is 539. The summed E-state index contributed by atoms with van der Waals surface area (Å²) in [6.45, 7) is 2.72. The van der Waals surface area contributed by atoms with E-state index in [9.17, 15) is 4.39 Å². The van der Waals surface area contributed by atoms with Crippen LogP contribution >= 0.6 is 11.6 Å². The van der Waals surface area contributed by atoms with Crippen LogP contribution in [0.4, 0.5) is 4.39 Å². The summed E-state index contributed by atoms with van der Waals surface area (Å²) in [4.78, 5) is 0. The second kappa shape index (κ2) is 5.50. The number of benzene rings is 1. The highest BCUT2D eigenvalue weighted by atomic mass is 35.5. The molecular formula is C13H15ClFN3. The van der Waals surface area contributed by atoms with Crippen molar-refractivity contribution >= 4 is 11.6 Å². The first-order valence-electron chi connectivity index (χ1n) is 5.79. The molecule has 18 heavy (non-hydrogen) atoms. The maximum Gasteiger partial charge on any atom is 0.129 e. The summed E-state index contributed by atoms with van der Waals surface area (Å²) in [7, 11) is 1.84. The van der Waals surface area contributed by atoms with E-state index in [-0.39, 0.29) is 11.9 Å². The number of halogens is 2. The van der Waals surface area contributed by atoms with E-state index in [1.807, 2.05) is 20.0 Å². The standard InChI is InChI=1S/C13H15ClFN3/c1-3-16-13(12-6-7-17-18(12)2)10-5-4-9(14)8-11(10)15/h4-8,13,16H,3H2,1-2H3. The fourth-order valence-corrected chi connectivity index (χ4v) is 2.14. The maximum atomic E-state index is 14.0. The minimum Gasteiger partial charge on any atom is -0.305 e. The van der Waals surface area contributed by atoms with Crippen molar-refractivity contribution in [2.45, 2.75) is 13.0 Å². The van der Waals surface area contributed by atoms with E-state index in [4.69, 9.17) is 11.6 Å². The van der Waals surface area contributed by atoms with Crippen molar-refractivity contribution in [1.82, 2.24) is 15.1 Å².